The predicted molar refractivity (Wildman–Crippen MR) is 101 cm³/mol. The Labute approximate surface area is 154 Å². The van der Waals surface area contributed by atoms with Gasteiger partial charge in [-0.2, -0.15) is 0 Å². The Bertz CT molecular complexity index is 870. The van der Waals surface area contributed by atoms with Crippen LogP contribution in [-0.2, 0) is 11.2 Å². The maximum atomic E-state index is 12.3. The maximum Gasteiger partial charge on any atom is 0.513 e. The number of hydrogen-bond donors (Lipinski definition) is 1. The molecule has 0 aromatic heterocycles. The van der Waals surface area contributed by atoms with Gasteiger partial charge in [0.2, 0.25) is 0 Å². The first-order valence-corrected chi connectivity index (χ1v) is 9.71. The van der Waals surface area contributed by atoms with E-state index in [1.807, 2.05) is 25.1 Å². The Morgan fingerprint density at radius 3 is 2.77 bits per heavy atom. The minimum atomic E-state index is -0.650. The molecule has 1 fully saturated rings. The Hall–Kier alpha value is -2.23. The smallest absolute Gasteiger partial charge is 0.507 e. The zero-order valence-electron chi connectivity index (χ0n) is 15.7. The second-order valence-electron chi connectivity index (χ2n) is 7.65. The van der Waals surface area contributed by atoms with Crippen molar-refractivity contribution in [2.45, 2.75) is 58.3 Å². The van der Waals surface area contributed by atoms with Crippen molar-refractivity contribution in [3.8, 4) is 11.5 Å². The highest BCUT2D eigenvalue weighted by Crippen LogP contribution is 2.63. The first kappa shape index (κ1) is 17.2. The van der Waals surface area contributed by atoms with Crippen LogP contribution >= 0.6 is 0 Å². The van der Waals surface area contributed by atoms with E-state index in [4.69, 9.17) is 9.47 Å². The van der Waals surface area contributed by atoms with Crippen molar-refractivity contribution in [2.75, 3.05) is 6.61 Å². The number of fused-ring (bicyclic) bond motifs is 6. The number of aryl methyl sites for hydroxylation is 1. The minimum absolute atomic E-state index is 0.346. The molecule has 1 saturated carbocycles. The van der Waals surface area contributed by atoms with Crippen molar-refractivity contribution >= 4 is 16.9 Å². The first-order chi connectivity index (χ1) is 12.6. The van der Waals surface area contributed by atoms with E-state index in [-0.39, 0.29) is 0 Å². The number of aromatic hydroxyl groups is 1. The van der Waals surface area contributed by atoms with Crippen molar-refractivity contribution in [1.29, 1.82) is 0 Å². The third kappa shape index (κ3) is 2.46. The van der Waals surface area contributed by atoms with Gasteiger partial charge in [-0.05, 0) is 49.0 Å². The summed E-state index contributed by atoms with van der Waals surface area (Å²) in [5, 5.41) is 12.7. The van der Waals surface area contributed by atoms with Crippen molar-refractivity contribution in [1.82, 2.24) is 0 Å². The molecule has 0 radical (unpaired) electrons. The number of carbonyl (C=O) groups excluding carboxylic acids is 1. The van der Waals surface area contributed by atoms with Gasteiger partial charge >= 0.3 is 6.16 Å². The van der Waals surface area contributed by atoms with Crippen molar-refractivity contribution < 1.29 is 19.4 Å². The number of carbonyl (C=O) groups is 1. The first-order valence-electron chi connectivity index (χ1n) is 9.71. The van der Waals surface area contributed by atoms with Gasteiger partial charge in [0.25, 0.3) is 0 Å². The highest BCUT2D eigenvalue weighted by Gasteiger charge is 2.46. The monoisotopic (exact) mass is 354 g/mol. The number of hydrogen-bond acceptors (Lipinski definition) is 4. The molecule has 0 spiro atoms. The molecule has 2 aromatic carbocycles. The molecule has 138 valence electrons. The molecule has 2 aliphatic carbocycles. The molecule has 26 heavy (non-hydrogen) atoms. The number of benzene rings is 2. The van der Waals surface area contributed by atoms with E-state index >= 15 is 0 Å². The van der Waals surface area contributed by atoms with E-state index in [0.29, 0.717) is 35.9 Å². The number of ether oxygens (including phenoxy) is 2. The summed E-state index contributed by atoms with van der Waals surface area (Å²) in [5.74, 6) is 2.23. The van der Waals surface area contributed by atoms with Gasteiger partial charge in [-0.1, -0.05) is 39.0 Å². The molecule has 0 amide bonds. The normalized spacial score (nSPS) is 23.3. The molecule has 4 heteroatoms. The van der Waals surface area contributed by atoms with Crippen LogP contribution in [0.25, 0.3) is 10.8 Å². The molecule has 0 saturated heterocycles. The molecule has 3 unspecified atom stereocenters. The fourth-order valence-electron chi connectivity index (χ4n) is 4.96. The Balaban J connectivity index is 1.94. The van der Waals surface area contributed by atoms with Crippen LogP contribution in [0, 0.1) is 5.92 Å². The second kappa shape index (κ2) is 6.49. The van der Waals surface area contributed by atoms with Crippen LogP contribution in [0.15, 0.2) is 18.2 Å². The van der Waals surface area contributed by atoms with Gasteiger partial charge in [0.15, 0.2) is 0 Å². The van der Waals surface area contributed by atoms with Gasteiger partial charge in [0, 0.05) is 21.9 Å². The van der Waals surface area contributed by atoms with Crippen molar-refractivity contribution in [2.24, 2.45) is 5.92 Å². The maximum absolute atomic E-state index is 12.3. The van der Waals surface area contributed by atoms with Gasteiger partial charge in [-0.15, -0.1) is 0 Å². The van der Waals surface area contributed by atoms with Crippen molar-refractivity contribution in [3.05, 3.63) is 34.9 Å². The number of phenols is 1. The van der Waals surface area contributed by atoms with E-state index in [1.165, 1.54) is 0 Å². The zero-order chi connectivity index (χ0) is 18.4. The van der Waals surface area contributed by atoms with Gasteiger partial charge in [0.1, 0.15) is 11.5 Å². The molecule has 4 nitrogen and oxygen atoms in total. The van der Waals surface area contributed by atoms with E-state index in [0.717, 1.165) is 53.1 Å². The van der Waals surface area contributed by atoms with Crippen LogP contribution in [0.2, 0.25) is 0 Å². The van der Waals surface area contributed by atoms with Crippen LogP contribution in [-0.4, -0.2) is 17.9 Å². The molecular weight excluding hydrogens is 328 g/mol. The fourth-order valence-corrected chi connectivity index (χ4v) is 4.96. The van der Waals surface area contributed by atoms with Gasteiger partial charge in [-0.25, -0.2) is 4.79 Å². The van der Waals surface area contributed by atoms with Gasteiger partial charge in [-0.3, -0.25) is 0 Å². The number of rotatable bonds is 4. The summed E-state index contributed by atoms with van der Waals surface area (Å²) in [6.07, 6.45) is 3.02. The Morgan fingerprint density at radius 2 is 2.04 bits per heavy atom. The highest BCUT2D eigenvalue weighted by atomic mass is 16.7. The fraction of sp³-hybridized carbons (Fsp3) is 0.500. The second-order valence-corrected chi connectivity index (χ2v) is 7.65. The van der Waals surface area contributed by atoms with Crippen LogP contribution in [0.5, 0.6) is 11.5 Å². The van der Waals surface area contributed by atoms with Gasteiger partial charge < -0.3 is 14.6 Å². The van der Waals surface area contributed by atoms with Crippen LogP contribution in [0.1, 0.15) is 68.6 Å². The molecule has 2 bridgehead atoms. The van der Waals surface area contributed by atoms with Crippen LogP contribution in [0.3, 0.4) is 0 Å². The molecule has 2 aliphatic rings. The lowest BCUT2D eigenvalue weighted by molar-refractivity contribution is 0.0991. The summed E-state index contributed by atoms with van der Waals surface area (Å²) in [6, 6.07) is 5.92. The van der Waals surface area contributed by atoms with E-state index in [1.54, 1.807) is 0 Å². The minimum Gasteiger partial charge on any atom is -0.507 e. The standard InChI is InChI=1S/C22H26O4/c1-4-9-25-22(24)26-21-17-13(5-2)7-6-8-15(17)20(23)19-16-11-14(18(19)21)10-12(16)3/h6-8,12,14,16,23H,4-5,9-11H2,1-3H3. The predicted octanol–water partition coefficient (Wildman–Crippen LogP) is 5.64. The van der Waals surface area contributed by atoms with E-state index < -0.39 is 6.16 Å². The molecule has 2 aromatic rings. The summed E-state index contributed by atoms with van der Waals surface area (Å²) in [4.78, 5) is 12.3. The highest BCUT2D eigenvalue weighted by molar-refractivity contribution is 6.00. The lowest BCUT2D eigenvalue weighted by Crippen LogP contribution is -2.15. The zero-order valence-corrected chi connectivity index (χ0v) is 15.7. The number of phenolic OH excluding ortho intramolecular Hbond substituents is 1. The summed E-state index contributed by atoms with van der Waals surface area (Å²) in [6.45, 7) is 6.62. The lowest BCUT2D eigenvalue weighted by Gasteiger charge is -2.26. The van der Waals surface area contributed by atoms with Gasteiger partial charge in [0.05, 0.1) is 6.61 Å². The summed E-state index contributed by atoms with van der Waals surface area (Å²) >= 11 is 0. The third-order valence-corrected chi connectivity index (χ3v) is 6.07. The lowest BCUT2D eigenvalue weighted by atomic mass is 9.81. The summed E-state index contributed by atoms with van der Waals surface area (Å²) in [7, 11) is 0. The summed E-state index contributed by atoms with van der Waals surface area (Å²) in [5.41, 5.74) is 3.11. The molecule has 0 heterocycles. The van der Waals surface area contributed by atoms with Crippen molar-refractivity contribution in [3.63, 3.8) is 0 Å². The van der Waals surface area contributed by atoms with E-state index in [9.17, 15) is 9.90 Å². The quantitative estimate of drug-likeness (QED) is 0.570. The average molecular weight is 354 g/mol. The molecular formula is C22H26O4. The third-order valence-electron chi connectivity index (χ3n) is 6.07. The molecule has 4 rings (SSSR count). The molecule has 3 atom stereocenters. The molecule has 0 aliphatic heterocycles. The topological polar surface area (TPSA) is 55.8 Å². The SMILES string of the molecule is CCCOC(=O)Oc1c2c(c(O)c3cccc(CC)c13)C1CC2CC1C. The summed E-state index contributed by atoms with van der Waals surface area (Å²) < 4.78 is 11.0. The van der Waals surface area contributed by atoms with E-state index in [2.05, 4.69) is 13.8 Å². The Morgan fingerprint density at radius 1 is 1.23 bits per heavy atom. The van der Waals surface area contributed by atoms with Crippen LogP contribution < -0.4 is 4.74 Å². The molecule has 1 N–H and O–H groups in total. The average Bonchev–Trinajstić information content (AvgIpc) is 3.20. The Kier molecular flexibility index (Phi) is 4.29. The largest absolute Gasteiger partial charge is 0.513 e. The van der Waals surface area contributed by atoms with Crippen LogP contribution in [0.4, 0.5) is 4.79 Å².